The Morgan fingerprint density at radius 3 is 2.53 bits per heavy atom. The van der Waals surface area contributed by atoms with Crippen LogP contribution in [0.5, 0.6) is 17.2 Å². The lowest BCUT2D eigenvalue weighted by Gasteiger charge is -2.38. The zero-order chi connectivity index (χ0) is 23.3. The molecule has 0 bridgehead atoms. The predicted molar refractivity (Wildman–Crippen MR) is 118 cm³/mol. The number of benzene rings is 1. The molecule has 1 aromatic rings. The summed E-state index contributed by atoms with van der Waals surface area (Å²) in [7, 11) is 3.17. The van der Waals surface area contributed by atoms with E-state index in [2.05, 4.69) is 5.32 Å². The quantitative estimate of drug-likeness (QED) is 0.737. The van der Waals surface area contributed by atoms with Crippen LogP contribution in [0.4, 0.5) is 4.79 Å². The SMILES string of the molecule is COc1ccc(C(=O)NC[C@@H]2CCN(C(=O)OC(C)(C)C)C[C@H]2OC)c2c1OCCCO2. The normalized spacial score (nSPS) is 20.8. The van der Waals surface area contributed by atoms with Crippen LogP contribution in [0.2, 0.25) is 0 Å². The van der Waals surface area contributed by atoms with Crippen LogP contribution in [0, 0.1) is 5.92 Å². The smallest absolute Gasteiger partial charge is 0.410 e. The first-order chi connectivity index (χ1) is 15.2. The molecule has 2 heterocycles. The molecular formula is C23H34N2O7. The fourth-order valence-corrected chi connectivity index (χ4v) is 3.85. The molecule has 2 amide bonds. The van der Waals surface area contributed by atoms with Gasteiger partial charge >= 0.3 is 6.09 Å². The summed E-state index contributed by atoms with van der Waals surface area (Å²) in [4.78, 5) is 27.0. The van der Waals surface area contributed by atoms with Crippen LogP contribution in [0.15, 0.2) is 12.1 Å². The minimum absolute atomic E-state index is 0.0663. The topological polar surface area (TPSA) is 95.6 Å². The Hall–Kier alpha value is -2.68. The van der Waals surface area contributed by atoms with Gasteiger partial charge in [0.15, 0.2) is 11.5 Å². The molecule has 178 valence electrons. The van der Waals surface area contributed by atoms with Crippen LogP contribution >= 0.6 is 0 Å². The Morgan fingerprint density at radius 1 is 1.16 bits per heavy atom. The predicted octanol–water partition coefficient (Wildman–Crippen LogP) is 2.86. The van der Waals surface area contributed by atoms with Crippen LogP contribution in [0.1, 0.15) is 44.0 Å². The first-order valence-corrected chi connectivity index (χ1v) is 11.0. The monoisotopic (exact) mass is 450 g/mol. The number of fused-ring (bicyclic) bond motifs is 1. The van der Waals surface area contributed by atoms with Gasteiger partial charge in [0.25, 0.3) is 5.91 Å². The van der Waals surface area contributed by atoms with E-state index >= 15 is 0 Å². The summed E-state index contributed by atoms with van der Waals surface area (Å²) in [6, 6.07) is 3.39. The molecule has 0 saturated carbocycles. The van der Waals surface area contributed by atoms with Gasteiger partial charge in [-0.25, -0.2) is 4.79 Å². The van der Waals surface area contributed by atoms with Crippen LogP contribution in [-0.4, -0.2) is 75.7 Å². The average Bonchev–Trinajstić information content (AvgIpc) is 3.01. The van der Waals surface area contributed by atoms with Crippen molar-refractivity contribution in [3.8, 4) is 17.2 Å². The molecule has 0 unspecified atom stereocenters. The number of hydrogen-bond donors (Lipinski definition) is 1. The molecule has 2 atom stereocenters. The fraction of sp³-hybridized carbons (Fsp3) is 0.652. The van der Waals surface area contributed by atoms with Crippen molar-refractivity contribution in [2.45, 2.75) is 45.3 Å². The second-order valence-corrected chi connectivity index (χ2v) is 8.98. The second-order valence-electron chi connectivity index (χ2n) is 8.98. The summed E-state index contributed by atoms with van der Waals surface area (Å²) < 4.78 is 28.0. The number of nitrogens with zero attached hydrogens (tertiary/aromatic N) is 1. The van der Waals surface area contributed by atoms with Gasteiger partial charge in [0.05, 0.1) is 38.5 Å². The summed E-state index contributed by atoms with van der Waals surface area (Å²) in [5.74, 6) is 1.21. The van der Waals surface area contributed by atoms with E-state index in [9.17, 15) is 9.59 Å². The van der Waals surface area contributed by atoms with Crippen molar-refractivity contribution in [3.63, 3.8) is 0 Å². The number of piperidine rings is 1. The molecule has 9 heteroatoms. The van der Waals surface area contributed by atoms with Crippen molar-refractivity contribution < 1.29 is 33.3 Å². The van der Waals surface area contributed by atoms with Gasteiger partial charge in [-0.15, -0.1) is 0 Å². The Kier molecular flexibility index (Phi) is 7.71. The molecule has 0 aromatic heterocycles. The molecule has 1 fully saturated rings. The van der Waals surface area contributed by atoms with Crippen LogP contribution in [0.3, 0.4) is 0 Å². The maximum absolute atomic E-state index is 13.0. The molecule has 1 saturated heterocycles. The number of hydrogen-bond acceptors (Lipinski definition) is 7. The van der Waals surface area contributed by atoms with Gasteiger partial charge in [0, 0.05) is 32.5 Å². The van der Waals surface area contributed by atoms with Crippen molar-refractivity contribution in [2.75, 3.05) is 47.1 Å². The molecule has 1 N–H and O–H groups in total. The highest BCUT2D eigenvalue weighted by molar-refractivity contribution is 5.98. The molecule has 1 aromatic carbocycles. The second kappa shape index (κ2) is 10.3. The van der Waals surface area contributed by atoms with Crippen LogP contribution in [-0.2, 0) is 9.47 Å². The maximum atomic E-state index is 13.0. The highest BCUT2D eigenvalue weighted by Crippen LogP contribution is 2.41. The molecule has 0 spiro atoms. The molecule has 0 radical (unpaired) electrons. The largest absolute Gasteiger partial charge is 0.493 e. The highest BCUT2D eigenvalue weighted by Gasteiger charge is 2.34. The molecular weight excluding hydrogens is 416 g/mol. The molecule has 3 rings (SSSR count). The van der Waals surface area contributed by atoms with Crippen molar-refractivity contribution in [1.29, 1.82) is 0 Å². The lowest BCUT2D eigenvalue weighted by molar-refractivity contribution is -0.0280. The molecule has 2 aliphatic rings. The van der Waals surface area contributed by atoms with Gasteiger partial charge in [-0.2, -0.15) is 0 Å². The first kappa shape index (κ1) is 24.0. The van der Waals surface area contributed by atoms with E-state index < -0.39 is 5.60 Å². The number of likely N-dealkylation sites (tertiary alicyclic amines) is 1. The van der Waals surface area contributed by atoms with E-state index in [1.54, 1.807) is 31.3 Å². The van der Waals surface area contributed by atoms with E-state index in [-0.39, 0.29) is 24.0 Å². The number of carbonyl (C=O) groups excluding carboxylic acids is 2. The Balaban J connectivity index is 1.63. The van der Waals surface area contributed by atoms with E-state index in [1.165, 1.54) is 0 Å². The van der Waals surface area contributed by atoms with E-state index in [0.717, 1.165) is 6.42 Å². The summed E-state index contributed by atoms with van der Waals surface area (Å²) in [6.45, 7) is 7.88. The molecule has 2 aliphatic heterocycles. The van der Waals surface area contributed by atoms with Crippen molar-refractivity contribution in [1.82, 2.24) is 10.2 Å². The van der Waals surface area contributed by atoms with E-state index in [4.69, 9.17) is 23.7 Å². The third-order valence-electron chi connectivity index (χ3n) is 5.50. The Morgan fingerprint density at radius 2 is 1.88 bits per heavy atom. The van der Waals surface area contributed by atoms with Crippen LogP contribution in [0.25, 0.3) is 0 Å². The first-order valence-electron chi connectivity index (χ1n) is 11.0. The summed E-state index contributed by atoms with van der Waals surface area (Å²) in [6.07, 6.45) is 0.868. The fourth-order valence-electron chi connectivity index (χ4n) is 3.85. The lowest BCUT2D eigenvalue weighted by Crippen LogP contribution is -2.51. The van der Waals surface area contributed by atoms with Gasteiger partial charge in [0.1, 0.15) is 5.60 Å². The standard InChI is InChI=1S/C23H34N2O7/c1-23(2,3)32-22(27)25-10-9-15(18(14-25)29-5)13-24-21(26)16-7-8-17(28-4)20-19(16)30-11-6-12-31-20/h7-8,15,18H,6,9-14H2,1-5H3,(H,24,26)/t15-,18+/m0/s1. The van der Waals surface area contributed by atoms with Crippen molar-refractivity contribution in [3.05, 3.63) is 17.7 Å². The average molecular weight is 451 g/mol. The maximum Gasteiger partial charge on any atom is 0.410 e. The third kappa shape index (κ3) is 5.76. The van der Waals surface area contributed by atoms with E-state index in [1.807, 2.05) is 20.8 Å². The number of ether oxygens (including phenoxy) is 5. The zero-order valence-electron chi connectivity index (χ0n) is 19.6. The molecule has 0 aliphatic carbocycles. The number of rotatable bonds is 5. The molecule has 32 heavy (non-hydrogen) atoms. The van der Waals surface area contributed by atoms with Crippen molar-refractivity contribution in [2.24, 2.45) is 5.92 Å². The summed E-state index contributed by atoms with van der Waals surface area (Å²) in [5.41, 5.74) is -0.144. The van der Waals surface area contributed by atoms with Gasteiger partial charge in [-0.3, -0.25) is 4.79 Å². The van der Waals surface area contributed by atoms with Crippen LogP contribution < -0.4 is 19.5 Å². The van der Waals surface area contributed by atoms with Gasteiger partial charge < -0.3 is 33.9 Å². The summed E-state index contributed by atoms with van der Waals surface area (Å²) in [5, 5.41) is 2.99. The highest BCUT2D eigenvalue weighted by atomic mass is 16.6. The number of carbonyl (C=O) groups is 2. The summed E-state index contributed by atoms with van der Waals surface area (Å²) >= 11 is 0. The lowest BCUT2D eigenvalue weighted by atomic mass is 9.93. The minimum Gasteiger partial charge on any atom is -0.493 e. The van der Waals surface area contributed by atoms with Gasteiger partial charge in [0.2, 0.25) is 5.75 Å². The zero-order valence-corrected chi connectivity index (χ0v) is 19.6. The Labute approximate surface area is 189 Å². The number of nitrogens with one attached hydrogen (secondary N) is 1. The third-order valence-corrected chi connectivity index (χ3v) is 5.50. The number of amides is 2. The van der Waals surface area contributed by atoms with Crippen molar-refractivity contribution >= 4 is 12.0 Å². The Bertz CT molecular complexity index is 821. The van der Waals surface area contributed by atoms with Gasteiger partial charge in [-0.1, -0.05) is 0 Å². The van der Waals surface area contributed by atoms with E-state index in [0.29, 0.717) is 62.1 Å². The minimum atomic E-state index is -0.549. The van der Waals surface area contributed by atoms with Gasteiger partial charge in [-0.05, 0) is 39.3 Å². The molecule has 9 nitrogen and oxygen atoms in total. The number of methoxy groups -OCH3 is 2.